The van der Waals surface area contributed by atoms with Gasteiger partial charge in [-0.05, 0) is 29.8 Å². The van der Waals surface area contributed by atoms with Gasteiger partial charge >= 0.3 is 0 Å². The van der Waals surface area contributed by atoms with Gasteiger partial charge in [0, 0.05) is 47.9 Å². The summed E-state index contributed by atoms with van der Waals surface area (Å²) in [6, 6.07) is 12.8. The maximum atomic E-state index is 12.4. The van der Waals surface area contributed by atoms with Crippen molar-refractivity contribution in [2.24, 2.45) is 0 Å². The predicted molar refractivity (Wildman–Crippen MR) is 128 cm³/mol. The fourth-order valence-corrected chi connectivity index (χ4v) is 5.32. The lowest BCUT2D eigenvalue weighted by molar-refractivity contribution is -0.384. The quantitative estimate of drug-likeness (QED) is 0.215. The van der Waals surface area contributed by atoms with Crippen molar-refractivity contribution in [3.05, 3.63) is 86.9 Å². The maximum absolute atomic E-state index is 12.4. The normalized spacial score (nSPS) is 11.3. The highest BCUT2D eigenvalue weighted by Crippen LogP contribution is 2.24. The summed E-state index contributed by atoms with van der Waals surface area (Å²) >= 11 is 2.64. The number of sulfonamides is 1. The van der Waals surface area contributed by atoms with E-state index in [4.69, 9.17) is 0 Å². The van der Waals surface area contributed by atoms with Crippen LogP contribution in [0, 0.1) is 10.1 Å². The van der Waals surface area contributed by atoms with Crippen molar-refractivity contribution in [1.29, 1.82) is 0 Å². The van der Waals surface area contributed by atoms with Gasteiger partial charge in [-0.3, -0.25) is 14.8 Å². The monoisotopic (exact) mass is 502 g/mol. The minimum Gasteiger partial charge on any atom is -0.332 e. The Morgan fingerprint density at radius 3 is 2.39 bits per heavy atom. The van der Waals surface area contributed by atoms with E-state index < -0.39 is 14.9 Å². The lowest BCUT2D eigenvalue weighted by atomic mass is 10.2. The molecule has 0 saturated heterocycles. The first-order valence-electron chi connectivity index (χ1n) is 9.57. The average molecular weight is 503 g/mol. The molecule has 3 N–H and O–H groups in total. The Morgan fingerprint density at radius 1 is 0.970 bits per heavy atom. The Kier molecular flexibility index (Phi) is 6.93. The molecule has 0 aliphatic rings. The number of nitrogens with one attached hydrogen (secondary N) is 3. The topological polar surface area (TPSA) is 139 Å². The molecule has 0 amide bonds. The van der Waals surface area contributed by atoms with Crippen molar-refractivity contribution in [2.75, 3.05) is 10.0 Å². The second kappa shape index (κ2) is 10.0. The second-order valence-corrected chi connectivity index (χ2v) is 10.2. The van der Waals surface area contributed by atoms with E-state index in [0.29, 0.717) is 29.0 Å². The highest BCUT2D eigenvalue weighted by atomic mass is 32.2. The molecule has 0 aliphatic heterocycles. The molecule has 13 heteroatoms. The number of benzene rings is 2. The molecule has 2 heterocycles. The minimum atomic E-state index is -3.69. The summed E-state index contributed by atoms with van der Waals surface area (Å²) in [5.74, 6) is 0. The molecule has 4 rings (SSSR count). The Labute approximate surface area is 197 Å². The summed E-state index contributed by atoms with van der Waals surface area (Å²) in [7, 11) is -3.69. The van der Waals surface area contributed by atoms with E-state index in [1.165, 1.54) is 53.1 Å². The summed E-state index contributed by atoms with van der Waals surface area (Å²) in [6.07, 6.45) is 1.53. The summed E-state index contributed by atoms with van der Waals surface area (Å²) in [4.78, 5) is 18.9. The van der Waals surface area contributed by atoms with Gasteiger partial charge in [-0.1, -0.05) is 12.1 Å². The van der Waals surface area contributed by atoms with Crippen molar-refractivity contribution >= 4 is 54.3 Å². The fourth-order valence-electron chi connectivity index (χ4n) is 2.80. The Morgan fingerprint density at radius 2 is 1.73 bits per heavy atom. The van der Waals surface area contributed by atoms with Gasteiger partial charge in [-0.25, -0.2) is 18.4 Å². The number of nitro benzene ring substituents is 1. The molecule has 2 aromatic carbocycles. The van der Waals surface area contributed by atoms with Crippen LogP contribution < -0.4 is 15.4 Å². The number of non-ortho nitro benzene ring substituents is 1. The molecule has 0 unspecified atom stereocenters. The third-order valence-corrected chi connectivity index (χ3v) is 7.38. The van der Waals surface area contributed by atoms with Crippen molar-refractivity contribution < 1.29 is 13.3 Å². The van der Waals surface area contributed by atoms with Crippen LogP contribution in [0.25, 0.3) is 0 Å². The number of nitrogens with zero attached hydrogens (tertiary/aromatic N) is 3. The molecule has 0 saturated carbocycles. The summed E-state index contributed by atoms with van der Waals surface area (Å²) < 4.78 is 27.3. The van der Waals surface area contributed by atoms with Crippen LogP contribution in [-0.4, -0.2) is 23.3 Å². The largest absolute Gasteiger partial charge is 0.332 e. The van der Waals surface area contributed by atoms with Crippen LogP contribution in [0.3, 0.4) is 0 Å². The van der Waals surface area contributed by atoms with Gasteiger partial charge in [0.1, 0.15) is 0 Å². The Balaban J connectivity index is 1.29. The molecule has 0 aliphatic carbocycles. The van der Waals surface area contributed by atoms with E-state index in [1.807, 2.05) is 5.38 Å². The second-order valence-electron chi connectivity index (χ2n) is 6.76. The van der Waals surface area contributed by atoms with E-state index >= 15 is 0 Å². The van der Waals surface area contributed by atoms with Gasteiger partial charge in [0.05, 0.1) is 15.5 Å². The van der Waals surface area contributed by atoms with E-state index in [9.17, 15) is 18.5 Å². The van der Waals surface area contributed by atoms with Gasteiger partial charge in [0.25, 0.3) is 15.7 Å². The fraction of sp³-hybridized carbons (Fsp3) is 0.100. The molecule has 4 aromatic rings. The van der Waals surface area contributed by atoms with Crippen LogP contribution >= 0.6 is 22.7 Å². The van der Waals surface area contributed by atoms with Gasteiger partial charge in [0.2, 0.25) is 0 Å². The van der Waals surface area contributed by atoms with Crippen molar-refractivity contribution in [3.8, 4) is 0 Å². The standard InChI is InChI=1S/C20H18N6O4S3/c27-26(28)17-5-1-14(2-6-17)11-21-12-16-13-32-20(24-16)23-15-3-7-18(8-4-15)33(29,30)25-19-22-9-10-31-19/h1-10,13,21H,11-12H2,(H,22,25)(H,23,24). The molecule has 0 spiro atoms. The van der Waals surface area contributed by atoms with E-state index in [0.717, 1.165) is 11.3 Å². The van der Waals surface area contributed by atoms with Crippen LogP contribution in [0.5, 0.6) is 0 Å². The molecule has 10 nitrogen and oxygen atoms in total. The zero-order chi connectivity index (χ0) is 23.3. The van der Waals surface area contributed by atoms with Gasteiger partial charge in [-0.15, -0.1) is 22.7 Å². The Bertz CT molecular complexity index is 1320. The first kappa shape index (κ1) is 22.8. The maximum Gasteiger partial charge on any atom is 0.269 e. The van der Waals surface area contributed by atoms with E-state index in [-0.39, 0.29) is 10.6 Å². The molecule has 0 bridgehead atoms. The third-order valence-electron chi connectivity index (χ3n) is 4.40. The molecule has 33 heavy (non-hydrogen) atoms. The van der Waals surface area contributed by atoms with Crippen LogP contribution in [0.1, 0.15) is 11.3 Å². The van der Waals surface area contributed by atoms with Crippen LogP contribution in [0.2, 0.25) is 0 Å². The number of thiazole rings is 2. The highest BCUT2D eigenvalue weighted by Gasteiger charge is 2.15. The lowest BCUT2D eigenvalue weighted by Gasteiger charge is -2.07. The van der Waals surface area contributed by atoms with Crippen LogP contribution in [0.15, 0.2) is 70.4 Å². The summed E-state index contributed by atoms with van der Waals surface area (Å²) in [6.45, 7) is 1.10. The lowest BCUT2D eigenvalue weighted by Crippen LogP contribution is -2.13. The molecule has 0 atom stereocenters. The predicted octanol–water partition coefficient (Wildman–Crippen LogP) is 4.34. The summed E-state index contributed by atoms with van der Waals surface area (Å²) in [5, 5.41) is 21.7. The zero-order valence-corrected chi connectivity index (χ0v) is 19.4. The molecular weight excluding hydrogens is 484 g/mol. The number of nitro groups is 1. The van der Waals surface area contributed by atoms with Crippen molar-refractivity contribution in [1.82, 2.24) is 15.3 Å². The Hall–Kier alpha value is -3.39. The number of hydrogen-bond donors (Lipinski definition) is 3. The van der Waals surface area contributed by atoms with Crippen LogP contribution in [-0.2, 0) is 23.1 Å². The van der Waals surface area contributed by atoms with Gasteiger partial charge in [-0.2, -0.15) is 0 Å². The van der Waals surface area contributed by atoms with Gasteiger partial charge < -0.3 is 10.6 Å². The van der Waals surface area contributed by atoms with Crippen molar-refractivity contribution in [3.63, 3.8) is 0 Å². The number of rotatable bonds is 10. The SMILES string of the molecule is O=[N+]([O-])c1ccc(CNCc2csc(Nc3ccc(S(=O)(=O)Nc4nccs4)cc3)n2)cc1. The van der Waals surface area contributed by atoms with Crippen molar-refractivity contribution in [2.45, 2.75) is 18.0 Å². The molecule has 0 radical (unpaired) electrons. The smallest absolute Gasteiger partial charge is 0.269 e. The summed E-state index contributed by atoms with van der Waals surface area (Å²) in [5.41, 5.74) is 2.56. The molecule has 2 aromatic heterocycles. The third kappa shape index (κ3) is 6.10. The zero-order valence-electron chi connectivity index (χ0n) is 17.0. The number of aromatic nitrogens is 2. The molecule has 170 valence electrons. The average Bonchev–Trinajstić information content (AvgIpc) is 3.46. The van der Waals surface area contributed by atoms with E-state index in [2.05, 4.69) is 25.3 Å². The minimum absolute atomic E-state index is 0.0652. The van der Waals surface area contributed by atoms with E-state index in [1.54, 1.807) is 29.6 Å². The van der Waals surface area contributed by atoms with Crippen LogP contribution in [0.4, 0.5) is 21.6 Å². The molecular formula is C20H18N6O4S3. The number of hydrogen-bond acceptors (Lipinski definition) is 10. The van der Waals surface area contributed by atoms with Gasteiger partial charge in [0.15, 0.2) is 10.3 Å². The highest BCUT2D eigenvalue weighted by molar-refractivity contribution is 7.93. The number of anilines is 3. The first-order chi connectivity index (χ1) is 15.9. The first-order valence-corrected chi connectivity index (χ1v) is 12.8. The molecule has 0 fully saturated rings.